The summed E-state index contributed by atoms with van der Waals surface area (Å²) in [6, 6.07) is 3.57. The highest BCUT2D eigenvalue weighted by Gasteiger charge is 2.13. The number of hydrogen-bond acceptors (Lipinski definition) is 3. The Kier molecular flexibility index (Phi) is 5.43. The van der Waals surface area contributed by atoms with E-state index in [4.69, 9.17) is 26.2 Å². The fourth-order valence-electron chi connectivity index (χ4n) is 1.53. The summed E-state index contributed by atoms with van der Waals surface area (Å²) in [7, 11) is 1.60. The van der Waals surface area contributed by atoms with E-state index in [1.807, 2.05) is 6.92 Å². The van der Waals surface area contributed by atoms with Gasteiger partial charge in [-0.25, -0.2) is 0 Å². The molecular weight excluding hydrogens is 228 g/mol. The minimum Gasteiger partial charge on any atom is -0.493 e. The molecule has 1 rings (SSSR count). The standard InChI is InChI=1S/C12H17ClO3/c1-3-16-12-9(5-4-8-14)10(13)6-7-11(12)15-2/h6-7,14H,3-5,8H2,1-2H3. The second kappa shape index (κ2) is 6.61. The number of benzene rings is 1. The van der Waals surface area contributed by atoms with Gasteiger partial charge in [0.1, 0.15) is 0 Å². The fraction of sp³-hybridized carbons (Fsp3) is 0.500. The second-order valence-corrected chi connectivity index (χ2v) is 3.72. The topological polar surface area (TPSA) is 38.7 Å². The molecule has 0 unspecified atom stereocenters. The summed E-state index contributed by atoms with van der Waals surface area (Å²) in [5.41, 5.74) is 0.900. The molecule has 0 fully saturated rings. The number of methoxy groups -OCH3 is 1. The first-order chi connectivity index (χ1) is 7.74. The predicted octanol–water partition coefficient (Wildman–Crippen LogP) is 2.67. The molecule has 3 nitrogen and oxygen atoms in total. The summed E-state index contributed by atoms with van der Waals surface area (Å²) in [6.07, 6.45) is 1.34. The van der Waals surface area contributed by atoms with Crippen LogP contribution in [-0.2, 0) is 6.42 Å². The van der Waals surface area contributed by atoms with Crippen molar-refractivity contribution in [2.45, 2.75) is 19.8 Å². The number of halogens is 1. The van der Waals surface area contributed by atoms with Gasteiger partial charge in [-0.05, 0) is 31.9 Å². The van der Waals surface area contributed by atoms with Crippen LogP contribution in [0, 0.1) is 0 Å². The highest BCUT2D eigenvalue weighted by atomic mass is 35.5. The molecule has 0 radical (unpaired) electrons. The first kappa shape index (κ1) is 13.1. The molecule has 0 spiro atoms. The van der Waals surface area contributed by atoms with Crippen LogP contribution in [0.4, 0.5) is 0 Å². The number of aliphatic hydroxyl groups excluding tert-OH is 1. The Morgan fingerprint density at radius 3 is 2.69 bits per heavy atom. The Balaban J connectivity index is 3.08. The number of rotatable bonds is 6. The molecule has 16 heavy (non-hydrogen) atoms. The van der Waals surface area contributed by atoms with E-state index in [1.165, 1.54) is 0 Å². The average molecular weight is 245 g/mol. The molecule has 1 N–H and O–H groups in total. The Bertz CT molecular complexity index is 339. The van der Waals surface area contributed by atoms with Gasteiger partial charge in [0.2, 0.25) is 0 Å². The van der Waals surface area contributed by atoms with Gasteiger partial charge in [0.15, 0.2) is 11.5 Å². The van der Waals surface area contributed by atoms with Gasteiger partial charge in [0.05, 0.1) is 13.7 Å². The average Bonchev–Trinajstić information content (AvgIpc) is 2.29. The zero-order chi connectivity index (χ0) is 12.0. The molecule has 4 heteroatoms. The van der Waals surface area contributed by atoms with E-state index in [0.717, 1.165) is 5.56 Å². The van der Waals surface area contributed by atoms with Gasteiger partial charge in [-0.3, -0.25) is 0 Å². The van der Waals surface area contributed by atoms with Crippen molar-refractivity contribution < 1.29 is 14.6 Å². The summed E-state index contributed by atoms with van der Waals surface area (Å²) in [6.45, 7) is 2.61. The zero-order valence-electron chi connectivity index (χ0n) is 9.62. The van der Waals surface area contributed by atoms with Gasteiger partial charge in [0, 0.05) is 17.2 Å². The monoisotopic (exact) mass is 244 g/mol. The molecule has 0 amide bonds. The molecule has 0 saturated carbocycles. The number of aliphatic hydroxyl groups is 1. The largest absolute Gasteiger partial charge is 0.493 e. The minimum absolute atomic E-state index is 0.138. The third-order valence-electron chi connectivity index (χ3n) is 2.26. The lowest BCUT2D eigenvalue weighted by molar-refractivity contribution is 0.284. The lowest BCUT2D eigenvalue weighted by Gasteiger charge is -2.15. The molecule has 1 aromatic carbocycles. The molecule has 0 heterocycles. The molecule has 0 aliphatic rings. The molecule has 0 saturated heterocycles. The normalized spacial score (nSPS) is 10.2. The lowest BCUT2D eigenvalue weighted by atomic mass is 10.1. The molecule has 0 bridgehead atoms. The van der Waals surface area contributed by atoms with Crippen LogP contribution in [0.1, 0.15) is 18.9 Å². The Morgan fingerprint density at radius 1 is 1.38 bits per heavy atom. The van der Waals surface area contributed by atoms with Crippen molar-refractivity contribution in [2.75, 3.05) is 20.3 Å². The summed E-state index contributed by atoms with van der Waals surface area (Å²) >= 11 is 6.11. The molecule has 0 aromatic heterocycles. The van der Waals surface area contributed by atoms with Crippen LogP contribution in [0.3, 0.4) is 0 Å². The smallest absolute Gasteiger partial charge is 0.165 e. The van der Waals surface area contributed by atoms with Crippen molar-refractivity contribution in [3.8, 4) is 11.5 Å². The highest BCUT2D eigenvalue weighted by Crippen LogP contribution is 2.36. The van der Waals surface area contributed by atoms with Crippen molar-refractivity contribution in [3.63, 3.8) is 0 Å². The first-order valence-corrected chi connectivity index (χ1v) is 5.71. The van der Waals surface area contributed by atoms with Crippen molar-refractivity contribution >= 4 is 11.6 Å². The Labute approximate surface area is 101 Å². The van der Waals surface area contributed by atoms with Gasteiger partial charge >= 0.3 is 0 Å². The van der Waals surface area contributed by atoms with E-state index in [2.05, 4.69) is 0 Å². The fourth-order valence-corrected chi connectivity index (χ4v) is 1.78. The van der Waals surface area contributed by atoms with Crippen LogP contribution >= 0.6 is 11.6 Å². The maximum atomic E-state index is 8.85. The third kappa shape index (κ3) is 3.03. The van der Waals surface area contributed by atoms with E-state index < -0.39 is 0 Å². The molecule has 0 atom stereocenters. The predicted molar refractivity (Wildman–Crippen MR) is 64.6 cm³/mol. The molecule has 0 aliphatic heterocycles. The van der Waals surface area contributed by atoms with Crippen LogP contribution in [0.2, 0.25) is 5.02 Å². The maximum absolute atomic E-state index is 8.85. The van der Waals surface area contributed by atoms with Crippen molar-refractivity contribution in [2.24, 2.45) is 0 Å². The summed E-state index contributed by atoms with van der Waals surface area (Å²) in [4.78, 5) is 0. The van der Waals surface area contributed by atoms with E-state index in [1.54, 1.807) is 19.2 Å². The van der Waals surface area contributed by atoms with Gasteiger partial charge < -0.3 is 14.6 Å². The highest BCUT2D eigenvalue weighted by molar-refractivity contribution is 6.31. The quantitative estimate of drug-likeness (QED) is 0.836. The van der Waals surface area contributed by atoms with Gasteiger partial charge in [0.25, 0.3) is 0 Å². The lowest BCUT2D eigenvalue weighted by Crippen LogP contribution is -2.01. The molecular formula is C12H17ClO3. The van der Waals surface area contributed by atoms with Gasteiger partial charge in [-0.1, -0.05) is 11.6 Å². The van der Waals surface area contributed by atoms with Crippen LogP contribution < -0.4 is 9.47 Å². The van der Waals surface area contributed by atoms with Gasteiger partial charge in [-0.2, -0.15) is 0 Å². The maximum Gasteiger partial charge on any atom is 0.165 e. The summed E-state index contributed by atoms with van der Waals surface area (Å²) < 4.78 is 10.8. The van der Waals surface area contributed by atoms with Crippen LogP contribution in [0.25, 0.3) is 0 Å². The van der Waals surface area contributed by atoms with Crippen LogP contribution in [0.15, 0.2) is 12.1 Å². The Hall–Kier alpha value is -0.930. The Morgan fingerprint density at radius 2 is 2.12 bits per heavy atom. The van der Waals surface area contributed by atoms with E-state index in [9.17, 15) is 0 Å². The molecule has 1 aromatic rings. The number of ether oxygens (including phenoxy) is 2. The summed E-state index contributed by atoms with van der Waals surface area (Å²) in [5, 5.41) is 9.50. The van der Waals surface area contributed by atoms with Crippen molar-refractivity contribution in [3.05, 3.63) is 22.7 Å². The minimum atomic E-state index is 0.138. The van der Waals surface area contributed by atoms with Crippen LogP contribution in [0.5, 0.6) is 11.5 Å². The number of hydrogen-bond donors (Lipinski definition) is 1. The third-order valence-corrected chi connectivity index (χ3v) is 2.61. The van der Waals surface area contributed by atoms with Crippen LogP contribution in [-0.4, -0.2) is 25.4 Å². The second-order valence-electron chi connectivity index (χ2n) is 3.32. The van der Waals surface area contributed by atoms with Gasteiger partial charge in [-0.15, -0.1) is 0 Å². The zero-order valence-corrected chi connectivity index (χ0v) is 10.4. The van der Waals surface area contributed by atoms with E-state index in [-0.39, 0.29) is 6.61 Å². The molecule has 0 aliphatic carbocycles. The molecule has 90 valence electrons. The van der Waals surface area contributed by atoms with Crippen molar-refractivity contribution in [1.29, 1.82) is 0 Å². The first-order valence-electron chi connectivity index (χ1n) is 5.33. The van der Waals surface area contributed by atoms with E-state index in [0.29, 0.717) is 36.0 Å². The van der Waals surface area contributed by atoms with Crippen molar-refractivity contribution in [1.82, 2.24) is 0 Å². The SMILES string of the molecule is CCOc1c(OC)ccc(Cl)c1CCCO. The summed E-state index contributed by atoms with van der Waals surface area (Å²) in [5.74, 6) is 1.37. The van der Waals surface area contributed by atoms with E-state index >= 15 is 0 Å².